The van der Waals surface area contributed by atoms with Crippen molar-refractivity contribution in [1.82, 2.24) is 0 Å². The van der Waals surface area contributed by atoms with Gasteiger partial charge in [-0.3, -0.25) is 14.9 Å². The number of esters is 1. The highest BCUT2D eigenvalue weighted by Gasteiger charge is 2.61. The number of para-hydroxylation sites is 1. The molecule has 7 nitrogen and oxygen atoms in total. The molecule has 0 saturated heterocycles. The molecule has 2 aromatic rings. The van der Waals surface area contributed by atoms with Crippen molar-refractivity contribution in [3.05, 3.63) is 69.8 Å². The second kappa shape index (κ2) is 11.5. The molecule has 1 aliphatic carbocycles. The van der Waals surface area contributed by atoms with Crippen molar-refractivity contribution in [2.45, 2.75) is 77.2 Å². The third-order valence-corrected chi connectivity index (χ3v) is 9.57. The van der Waals surface area contributed by atoms with E-state index in [0.717, 1.165) is 18.5 Å². The fourth-order valence-electron chi connectivity index (χ4n) is 5.12. The Balaban J connectivity index is 1.68. The second-order valence-corrected chi connectivity index (χ2v) is 14.3. The van der Waals surface area contributed by atoms with Crippen LogP contribution in [0.4, 0.5) is 11.4 Å². The third-order valence-electron chi connectivity index (χ3n) is 7.23. The van der Waals surface area contributed by atoms with Crippen molar-refractivity contribution in [3.63, 3.8) is 0 Å². The normalized spacial score (nSPS) is 20.6. The standard InChI is InChI=1S/C29H41N2O5P/c1-20-16-29(20,26(32)35-7)37-28(5,6)24(17-27(2,3)4)21-12-14-23(15-13-21)30-19-36-18-22-10-8-9-11-25(22)31(33)34/h8-15,20,24,30,37H,16-19H2,1-7H3. The summed E-state index contributed by atoms with van der Waals surface area (Å²) >= 11 is 0. The lowest BCUT2D eigenvalue weighted by Gasteiger charge is -2.40. The number of nitro benzene ring substituents is 1. The molecular weight excluding hydrogens is 487 g/mol. The quantitative estimate of drug-likeness (QED) is 0.0788. The number of benzene rings is 2. The van der Waals surface area contributed by atoms with E-state index in [2.05, 4.69) is 59.0 Å². The first-order valence-corrected chi connectivity index (χ1v) is 13.8. The van der Waals surface area contributed by atoms with Crippen LogP contribution in [0.1, 0.15) is 71.4 Å². The largest absolute Gasteiger partial charge is 0.468 e. The number of nitro groups is 1. The van der Waals surface area contributed by atoms with Gasteiger partial charge in [0.25, 0.3) is 5.69 Å². The number of methoxy groups -OCH3 is 1. The summed E-state index contributed by atoms with van der Waals surface area (Å²) in [7, 11) is 1.97. The first-order chi connectivity index (χ1) is 17.3. The van der Waals surface area contributed by atoms with E-state index >= 15 is 0 Å². The van der Waals surface area contributed by atoms with Crippen molar-refractivity contribution < 1.29 is 19.2 Å². The Morgan fingerprint density at radius 3 is 2.32 bits per heavy atom. The number of nitrogens with one attached hydrogen (secondary N) is 1. The molecule has 4 unspecified atom stereocenters. The fraction of sp³-hybridized carbons (Fsp3) is 0.552. The minimum atomic E-state index is -0.391. The summed E-state index contributed by atoms with van der Waals surface area (Å²) in [6.07, 6.45) is 1.91. The molecule has 1 N–H and O–H groups in total. The highest BCUT2D eigenvalue weighted by atomic mass is 31.1. The fourth-order valence-corrected chi connectivity index (χ4v) is 7.57. The van der Waals surface area contributed by atoms with Gasteiger partial charge in [-0.15, -0.1) is 0 Å². The highest BCUT2D eigenvalue weighted by Crippen LogP contribution is 2.65. The van der Waals surface area contributed by atoms with E-state index in [9.17, 15) is 14.9 Å². The van der Waals surface area contributed by atoms with E-state index in [1.54, 1.807) is 18.2 Å². The molecule has 0 spiro atoms. The Labute approximate surface area is 222 Å². The molecule has 0 radical (unpaired) electrons. The van der Waals surface area contributed by atoms with Crippen LogP contribution in [0.2, 0.25) is 0 Å². The van der Waals surface area contributed by atoms with E-state index in [1.807, 2.05) is 12.1 Å². The van der Waals surface area contributed by atoms with Gasteiger partial charge in [-0.05, 0) is 59.0 Å². The van der Waals surface area contributed by atoms with Gasteiger partial charge in [-0.1, -0.05) is 74.4 Å². The van der Waals surface area contributed by atoms with Crippen molar-refractivity contribution in [2.75, 3.05) is 19.2 Å². The van der Waals surface area contributed by atoms with Crippen LogP contribution in [0.5, 0.6) is 0 Å². The average molecular weight is 529 g/mol. The van der Waals surface area contributed by atoms with Crippen LogP contribution in [0.3, 0.4) is 0 Å². The first kappa shape index (κ1) is 29.1. The molecule has 0 bridgehead atoms. The molecule has 0 heterocycles. The van der Waals surface area contributed by atoms with Gasteiger partial charge in [0.15, 0.2) is 0 Å². The minimum Gasteiger partial charge on any atom is -0.468 e. The molecule has 1 aliphatic rings. The van der Waals surface area contributed by atoms with Crippen molar-refractivity contribution >= 4 is 25.9 Å². The maximum atomic E-state index is 12.7. The number of ether oxygens (including phenoxy) is 2. The summed E-state index contributed by atoms with van der Waals surface area (Å²) in [4.78, 5) is 23.5. The molecule has 8 heteroatoms. The van der Waals surface area contributed by atoms with Gasteiger partial charge in [0.1, 0.15) is 6.73 Å². The number of hydrogen-bond acceptors (Lipinski definition) is 6. The van der Waals surface area contributed by atoms with Crippen molar-refractivity contribution in [2.24, 2.45) is 11.3 Å². The van der Waals surface area contributed by atoms with Gasteiger partial charge in [-0.2, -0.15) is 0 Å². The molecular formula is C29H41N2O5P. The van der Waals surface area contributed by atoms with E-state index < -0.39 is 4.92 Å². The van der Waals surface area contributed by atoms with Crippen LogP contribution in [-0.2, 0) is 20.9 Å². The molecule has 0 aliphatic heterocycles. The van der Waals surface area contributed by atoms with E-state index in [4.69, 9.17) is 9.47 Å². The van der Waals surface area contributed by atoms with Gasteiger partial charge < -0.3 is 14.8 Å². The van der Waals surface area contributed by atoms with Crippen molar-refractivity contribution in [1.29, 1.82) is 0 Å². The van der Waals surface area contributed by atoms with Crippen LogP contribution in [0.25, 0.3) is 0 Å². The molecule has 37 heavy (non-hydrogen) atoms. The maximum absolute atomic E-state index is 12.7. The van der Waals surface area contributed by atoms with Gasteiger partial charge in [0.2, 0.25) is 0 Å². The lowest BCUT2D eigenvalue weighted by molar-refractivity contribution is -0.385. The molecule has 0 amide bonds. The second-order valence-electron chi connectivity index (χ2n) is 11.9. The number of carbonyl (C=O) groups excluding carboxylic acids is 1. The maximum Gasteiger partial charge on any atom is 0.316 e. The van der Waals surface area contributed by atoms with Gasteiger partial charge in [0.05, 0.1) is 29.4 Å². The van der Waals surface area contributed by atoms with Crippen LogP contribution in [-0.4, -0.2) is 35.0 Å². The Morgan fingerprint density at radius 2 is 1.78 bits per heavy atom. The lowest BCUT2D eigenvalue weighted by atomic mass is 9.76. The van der Waals surface area contributed by atoms with Gasteiger partial charge in [0, 0.05) is 11.8 Å². The SMILES string of the molecule is COC(=O)C1(PC(C)(C)C(CC(C)(C)C)c2ccc(NCOCc3ccccc3[N+](=O)[O-])cc2)CC1C. The average Bonchev–Trinajstić information content (AvgIpc) is 3.48. The number of hydrogen-bond donors (Lipinski definition) is 1. The molecule has 1 fully saturated rings. The summed E-state index contributed by atoms with van der Waals surface area (Å²) in [5.74, 6) is 0.571. The first-order valence-electron chi connectivity index (χ1n) is 12.8. The topological polar surface area (TPSA) is 90.7 Å². The molecule has 2 aromatic carbocycles. The Morgan fingerprint density at radius 1 is 1.16 bits per heavy atom. The smallest absolute Gasteiger partial charge is 0.316 e. The zero-order valence-corrected chi connectivity index (χ0v) is 24.1. The third kappa shape index (κ3) is 7.30. The van der Waals surface area contributed by atoms with Gasteiger partial charge >= 0.3 is 5.97 Å². The van der Waals surface area contributed by atoms with E-state index in [0.29, 0.717) is 20.1 Å². The van der Waals surface area contributed by atoms with E-state index in [-0.39, 0.29) is 46.6 Å². The summed E-state index contributed by atoms with van der Waals surface area (Å²) in [6, 6.07) is 15.0. The zero-order chi connectivity index (χ0) is 27.4. The van der Waals surface area contributed by atoms with Crippen LogP contribution >= 0.6 is 8.58 Å². The number of rotatable bonds is 12. The molecule has 4 atom stereocenters. The molecule has 0 aromatic heterocycles. The minimum absolute atomic E-state index is 0.0645. The predicted molar refractivity (Wildman–Crippen MR) is 151 cm³/mol. The molecule has 3 rings (SSSR count). The van der Waals surface area contributed by atoms with Crippen LogP contribution in [0.15, 0.2) is 48.5 Å². The summed E-state index contributed by atoms with van der Waals surface area (Å²) in [6.45, 7) is 13.9. The molecule has 1 saturated carbocycles. The Kier molecular flexibility index (Phi) is 9.02. The monoisotopic (exact) mass is 528 g/mol. The van der Waals surface area contributed by atoms with Crippen molar-refractivity contribution in [3.8, 4) is 0 Å². The molecule has 202 valence electrons. The van der Waals surface area contributed by atoms with Gasteiger partial charge in [-0.25, -0.2) is 0 Å². The number of anilines is 1. The summed E-state index contributed by atoms with van der Waals surface area (Å²) in [5.41, 5.74) is 2.92. The summed E-state index contributed by atoms with van der Waals surface area (Å²) in [5, 5.41) is 14.0. The lowest BCUT2D eigenvalue weighted by Crippen LogP contribution is -2.34. The van der Waals surface area contributed by atoms with E-state index in [1.165, 1.54) is 18.7 Å². The highest BCUT2D eigenvalue weighted by molar-refractivity contribution is 7.44. The Hall–Kier alpha value is -2.50. The zero-order valence-electron chi connectivity index (χ0n) is 23.1. The van der Waals surface area contributed by atoms with Crippen LogP contribution < -0.4 is 5.32 Å². The predicted octanol–water partition coefficient (Wildman–Crippen LogP) is 7.11. The van der Waals surface area contributed by atoms with Crippen LogP contribution in [0, 0.1) is 21.4 Å². The number of nitrogens with zero attached hydrogens (tertiary/aromatic N) is 1. The Bertz CT molecular complexity index is 1100. The summed E-state index contributed by atoms with van der Waals surface area (Å²) < 4.78 is 10.9. The number of carbonyl (C=O) groups is 1.